The Morgan fingerprint density at radius 2 is 1.80 bits per heavy atom. The molecule has 1 atom stereocenters. The lowest BCUT2D eigenvalue weighted by Crippen LogP contribution is -2.32. The van der Waals surface area contributed by atoms with E-state index in [9.17, 15) is 4.79 Å². The Balaban J connectivity index is 2.23. The molecular formula is C21H22ClNO2. The van der Waals surface area contributed by atoms with Gasteiger partial charge in [0.1, 0.15) is 0 Å². The molecule has 0 radical (unpaired) electrons. The van der Waals surface area contributed by atoms with Crippen LogP contribution in [0.5, 0.6) is 0 Å². The fourth-order valence-electron chi connectivity index (χ4n) is 3.55. The number of rotatable bonds is 4. The van der Waals surface area contributed by atoms with E-state index >= 15 is 0 Å². The maximum absolute atomic E-state index is 12.8. The summed E-state index contributed by atoms with van der Waals surface area (Å²) in [4.78, 5) is 15.0. The Kier molecular flexibility index (Phi) is 5.14. The fourth-order valence-corrected chi connectivity index (χ4v) is 3.68. The molecule has 2 aromatic carbocycles. The summed E-state index contributed by atoms with van der Waals surface area (Å²) < 4.78 is 5.39. The first-order valence-corrected chi connectivity index (χ1v) is 8.96. The van der Waals surface area contributed by atoms with E-state index in [1.807, 2.05) is 50.2 Å². The minimum absolute atomic E-state index is 0.157. The standard InChI is InChI=1S/C21H22ClNO2/c1-4-23-14(3)19(21(24)25-5-2)20(15-10-12-16(22)13-11-15)17-8-6-7-9-18(17)23/h6-13,20H,4-5H2,1-3H3. The maximum Gasteiger partial charge on any atom is 0.336 e. The molecule has 0 spiro atoms. The highest BCUT2D eigenvalue weighted by molar-refractivity contribution is 6.30. The number of halogens is 1. The molecule has 1 heterocycles. The zero-order valence-corrected chi connectivity index (χ0v) is 15.5. The van der Waals surface area contributed by atoms with Gasteiger partial charge >= 0.3 is 5.97 Å². The zero-order valence-electron chi connectivity index (χ0n) is 14.8. The first-order valence-electron chi connectivity index (χ1n) is 8.58. The monoisotopic (exact) mass is 355 g/mol. The van der Waals surface area contributed by atoms with Crippen molar-refractivity contribution < 1.29 is 9.53 Å². The molecule has 3 nitrogen and oxygen atoms in total. The summed E-state index contributed by atoms with van der Waals surface area (Å²) in [6, 6.07) is 15.9. The van der Waals surface area contributed by atoms with Crippen LogP contribution in [0, 0.1) is 0 Å². The zero-order chi connectivity index (χ0) is 18.0. The van der Waals surface area contributed by atoms with E-state index in [-0.39, 0.29) is 11.9 Å². The van der Waals surface area contributed by atoms with E-state index in [1.165, 1.54) is 0 Å². The number of para-hydroxylation sites is 1. The van der Waals surface area contributed by atoms with Crippen LogP contribution < -0.4 is 4.90 Å². The maximum atomic E-state index is 12.8. The van der Waals surface area contributed by atoms with Gasteiger partial charge in [-0.05, 0) is 50.1 Å². The number of fused-ring (bicyclic) bond motifs is 1. The van der Waals surface area contributed by atoms with E-state index in [2.05, 4.69) is 24.0 Å². The van der Waals surface area contributed by atoms with Crippen molar-refractivity contribution in [3.8, 4) is 0 Å². The average molecular weight is 356 g/mol. The third-order valence-electron chi connectivity index (χ3n) is 4.64. The van der Waals surface area contributed by atoms with Crippen LogP contribution in [0.3, 0.4) is 0 Å². The number of anilines is 1. The van der Waals surface area contributed by atoms with Gasteiger partial charge in [-0.25, -0.2) is 4.79 Å². The van der Waals surface area contributed by atoms with Crippen LogP contribution in [-0.2, 0) is 9.53 Å². The summed E-state index contributed by atoms with van der Waals surface area (Å²) in [6.07, 6.45) is 0. The summed E-state index contributed by atoms with van der Waals surface area (Å²) in [5, 5.41) is 0.682. The number of ether oxygens (including phenoxy) is 1. The molecule has 130 valence electrons. The van der Waals surface area contributed by atoms with Gasteiger partial charge in [-0.1, -0.05) is 41.9 Å². The van der Waals surface area contributed by atoms with Gasteiger partial charge in [0, 0.05) is 28.9 Å². The van der Waals surface area contributed by atoms with Gasteiger partial charge in [-0.2, -0.15) is 0 Å². The van der Waals surface area contributed by atoms with E-state index < -0.39 is 0 Å². The molecule has 0 saturated heterocycles. The molecule has 1 aliphatic heterocycles. The Labute approximate surface area is 153 Å². The first kappa shape index (κ1) is 17.6. The van der Waals surface area contributed by atoms with E-state index in [1.54, 1.807) is 0 Å². The molecule has 3 rings (SSSR count). The molecular weight excluding hydrogens is 334 g/mol. The van der Waals surface area contributed by atoms with Gasteiger partial charge in [0.2, 0.25) is 0 Å². The summed E-state index contributed by atoms with van der Waals surface area (Å²) >= 11 is 6.06. The Hall–Kier alpha value is -2.26. The number of allylic oxidation sites excluding steroid dienone is 1. The Morgan fingerprint density at radius 3 is 2.44 bits per heavy atom. The Bertz CT molecular complexity index is 811. The molecule has 0 aliphatic carbocycles. The second-order valence-electron chi connectivity index (χ2n) is 6.01. The number of esters is 1. The molecule has 0 amide bonds. The predicted octanol–water partition coefficient (Wildman–Crippen LogP) is 5.15. The van der Waals surface area contributed by atoms with Crippen LogP contribution in [0.4, 0.5) is 5.69 Å². The SMILES string of the molecule is CCOC(=O)C1=C(C)N(CC)c2ccccc2C1c1ccc(Cl)cc1. The van der Waals surface area contributed by atoms with Gasteiger partial charge < -0.3 is 9.64 Å². The normalized spacial score (nSPS) is 16.6. The van der Waals surface area contributed by atoms with Crippen LogP contribution in [0.25, 0.3) is 0 Å². The predicted molar refractivity (Wildman–Crippen MR) is 102 cm³/mol. The fraction of sp³-hybridized carbons (Fsp3) is 0.286. The Morgan fingerprint density at radius 1 is 1.12 bits per heavy atom. The topological polar surface area (TPSA) is 29.5 Å². The number of carbonyl (C=O) groups excluding carboxylic acids is 1. The first-order chi connectivity index (χ1) is 12.1. The lowest BCUT2D eigenvalue weighted by atomic mass is 9.80. The highest BCUT2D eigenvalue weighted by atomic mass is 35.5. The highest BCUT2D eigenvalue weighted by Crippen LogP contribution is 2.45. The second kappa shape index (κ2) is 7.32. The van der Waals surface area contributed by atoms with Crippen molar-refractivity contribution in [3.63, 3.8) is 0 Å². The summed E-state index contributed by atoms with van der Waals surface area (Å²) in [7, 11) is 0. The molecule has 0 saturated carbocycles. The number of carbonyl (C=O) groups is 1. The van der Waals surface area contributed by atoms with Crippen molar-refractivity contribution in [1.82, 2.24) is 0 Å². The molecule has 0 aromatic heterocycles. The van der Waals surface area contributed by atoms with Gasteiger partial charge in [0.15, 0.2) is 0 Å². The third kappa shape index (κ3) is 3.16. The smallest absolute Gasteiger partial charge is 0.336 e. The van der Waals surface area contributed by atoms with Gasteiger partial charge in [0.25, 0.3) is 0 Å². The molecule has 4 heteroatoms. The van der Waals surface area contributed by atoms with Crippen molar-refractivity contribution in [1.29, 1.82) is 0 Å². The second-order valence-corrected chi connectivity index (χ2v) is 6.44. The van der Waals surface area contributed by atoms with Crippen LogP contribution in [0.2, 0.25) is 5.02 Å². The molecule has 0 bridgehead atoms. The van der Waals surface area contributed by atoms with Crippen LogP contribution in [0.1, 0.15) is 37.8 Å². The van der Waals surface area contributed by atoms with Gasteiger partial charge in [-0.3, -0.25) is 0 Å². The third-order valence-corrected chi connectivity index (χ3v) is 4.89. The molecule has 0 fully saturated rings. The minimum Gasteiger partial charge on any atom is -0.463 e. The minimum atomic E-state index is -0.257. The number of benzene rings is 2. The van der Waals surface area contributed by atoms with Gasteiger partial charge in [0.05, 0.1) is 12.2 Å². The molecule has 25 heavy (non-hydrogen) atoms. The molecule has 1 unspecified atom stereocenters. The van der Waals surface area contributed by atoms with Gasteiger partial charge in [-0.15, -0.1) is 0 Å². The van der Waals surface area contributed by atoms with E-state index in [0.29, 0.717) is 17.2 Å². The molecule has 2 aromatic rings. The lowest BCUT2D eigenvalue weighted by molar-refractivity contribution is -0.138. The van der Waals surface area contributed by atoms with Crippen LogP contribution in [0.15, 0.2) is 59.8 Å². The van der Waals surface area contributed by atoms with Crippen molar-refractivity contribution in [3.05, 3.63) is 76.0 Å². The van der Waals surface area contributed by atoms with Crippen LogP contribution in [-0.4, -0.2) is 19.1 Å². The molecule has 1 aliphatic rings. The summed E-state index contributed by atoms with van der Waals surface area (Å²) in [6.45, 7) is 7.07. The average Bonchev–Trinajstić information content (AvgIpc) is 2.62. The van der Waals surface area contributed by atoms with Crippen molar-refractivity contribution in [2.24, 2.45) is 0 Å². The summed E-state index contributed by atoms with van der Waals surface area (Å²) in [5.74, 6) is -0.414. The van der Waals surface area contributed by atoms with E-state index in [0.717, 1.165) is 29.1 Å². The van der Waals surface area contributed by atoms with Crippen molar-refractivity contribution in [2.75, 3.05) is 18.1 Å². The largest absolute Gasteiger partial charge is 0.463 e. The van der Waals surface area contributed by atoms with Crippen molar-refractivity contribution >= 4 is 23.3 Å². The highest BCUT2D eigenvalue weighted by Gasteiger charge is 2.35. The number of nitrogens with zero attached hydrogens (tertiary/aromatic N) is 1. The number of hydrogen-bond acceptors (Lipinski definition) is 3. The molecule has 0 N–H and O–H groups in total. The summed E-state index contributed by atoms with van der Waals surface area (Å²) in [5.41, 5.74) is 4.93. The quantitative estimate of drug-likeness (QED) is 0.710. The number of hydrogen-bond donors (Lipinski definition) is 0. The lowest BCUT2D eigenvalue weighted by Gasteiger charge is -2.37. The van der Waals surface area contributed by atoms with Crippen LogP contribution >= 0.6 is 11.6 Å². The van der Waals surface area contributed by atoms with Crippen molar-refractivity contribution in [2.45, 2.75) is 26.7 Å². The van der Waals surface area contributed by atoms with E-state index in [4.69, 9.17) is 16.3 Å².